The van der Waals surface area contributed by atoms with Crippen LogP contribution in [0, 0.1) is 5.92 Å². The fraction of sp³-hybridized carbons (Fsp3) is 1.00. The van der Waals surface area contributed by atoms with E-state index in [-0.39, 0.29) is 18.3 Å². The minimum absolute atomic E-state index is 0.0745. The van der Waals surface area contributed by atoms with E-state index in [0.29, 0.717) is 13.2 Å². The van der Waals surface area contributed by atoms with Gasteiger partial charge in [0, 0.05) is 11.5 Å². The predicted octanol–water partition coefficient (Wildman–Crippen LogP) is 1.69. The molecule has 5 nitrogen and oxygen atoms in total. The van der Waals surface area contributed by atoms with Crippen molar-refractivity contribution >= 4 is 0 Å². The number of nitrogens with zero attached hydrogens (tertiary/aromatic N) is 3. The maximum absolute atomic E-state index is 8.10. The topological polar surface area (TPSA) is 67.2 Å². The summed E-state index contributed by atoms with van der Waals surface area (Å²) < 4.78 is 10.6. The molecule has 68 valence electrons. The summed E-state index contributed by atoms with van der Waals surface area (Å²) in [6, 6.07) is 0. The number of rotatable bonds is 3. The van der Waals surface area contributed by atoms with Gasteiger partial charge in [-0.05, 0) is 18.4 Å². The first kappa shape index (κ1) is 9.32. The van der Waals surface area contributed by atoms with E-state index in [1.165, 1.54) is 0 Å². The third kappa shape index (κ3) is 2.37. The molecule has 0 spiro atoms. The fourth-order valence-corrected chi connectivity index (χ4v) is 1.14. The molecule has 1 aliphatic heterocycles. The van der Waals surface area contributed by atoms with Crippen LogP contribution in [0.2, 0.25) is 0 Å². The van der Waals surface area contributed by atoms with E-state index in [2.05, 4.69) is 10.0 Å². The summed E-state index contributed by atoms with van der Waals surface area (Å²) >= 11 is 0. The van der Waals surface area contributed by atoms with Crippen molar-refractivity contribution in [1.29, 1.82) is 0 Å². The minimum atomic E-state index is -0.122. The highest BCUT2D eigenvalue weighted by molar-refractivity contribution is 4.72. The smallest absolute Gasteiger partial charge is 0.155 e. The lowest BCUT2D eigenvalue weighted by molar-refractivity contribution is -0.0502. The van der Waals surface area contributed by atoms with Crippen LogP contribution in [0.1, 0.15) is 13.8 Å². The van der Waals surface area contributed by atoms with Gasteiger partial charge in [0.05, 0.1) is 12.7 Å². The Kier molecular flexibility index (Phi) is 3.34. The molecule has 3 atom stereocenters. The lowest BCUT2D eigenvalue weighted by Gasteiger charge is -2.14. The molecule has 0 aromatic heterocycles. The Bertz CT molecular complexity index is 191. The second-order valence-electron chi connectivity index (χ2n) is 2.97. The number of azide groups is 1. The molecule has 0 aromatic rings. The third-order valence-electron chi connectivity index (χ3n) is 1.93. The normalized spacial score (nSPS) is 31.2. The van der Waals surface area contributed by atoms with E-state index in [4.69, 9.17) is 15.0 Å². The van der Waals surface area contributed by atoms with Crippen molar-refractivity contribution in [2.75, 3.05) is 13.2 Å². The van der Waals surface area contributed by atoms with E-state index in [9.17, 15) is 0 Å². The summed E-state index contributed by atoms with van der Waals surface area (Å²) in [4.78, 5) is 2.69. The molecule has 1 aliphatic rings. The Morgan fingerprint density at radius 3 is 3.00 bits per heavy atom. The largest absolute Gasteiger partial charge is 0.350 e. The van der Waals surface area contributed by atoms with Crippen molar-refractivity contribution in [3.63, 3.8) is 0 Å². The molecule has 1 fully saturated rings. The van der Waals surface area contributed by atoms with Crippen LogP contribution in [-0.2, 0) is 9.47 Å². The van der Waals surface area contributed by atoms with Crippen LogP contribution in [0.5, 0.6) is 0 Å². The Balaban J connectivity index is 2.32. The van der Waals surface area contributed by atoms with E-state index in [1.807, 2.05) is 13.8 Å². The summed E-state index contributed by atoms with van der Waals surface area (Å²) in [5.74, 6) is 0.228. The Labute approximate surface area is 71.3 Å². The summed E-state index contributed by atoms with van der Waals surface area (Å²) in [5, 5.41) is 3.49. The molecule has 0 amide bonds. The monoisotopic (exact) mass is 171 g/mol. The molecule has 0 N–H and O–H groups in total. The van der Waals surface area contributed by atoms with Gasteiger partial charge in [0.25, 0.3) is 0 Å². The average Bonchev–Trinajstić information content (AvgIpc) is 2.47. The molecule has 0 aromatic carbocycles. The molecule has 0 radical (unpaired) electrons. The lowest BCUT2D eigenvalue weighted by atomic mass is 10.1. The SMILES string of the molecule is CC1OCC(C(C)CN=[N+]=[N-])O1. The maximum Gasteiger partial charge on any atom is 0.155 e. The highest BCUT2D eigenvalue weighted by atomic mass is 16.7. The van der Waals surface area contributed by atoms with E-state index in [0.717, 1.165) is 0 Å². The lowest BCUT2D eigenvalue weighted by Crippen LogP contribution is -2.22. The number of ether oxygens (including phenoxy) is 2. The molecule has 0 bridgehead atoms. The first-order chi connectivity index (χ1) is 5.74. The van der Waals surface area contributed by atoms with Crippen molar-refractivity contribution < 1.29 is 9.47 Å². The highest BCUT2D eigenvalue weighted by Crippen LogP contribution is 2.18. The highest BCUT2D eigenvalue weighted by Gasteiger charge is 2.26. The van der Waals surface area contributed by atoms with Crippen molar-refractivity contribution in [3.8, 4) is 0 Å². The average molecular weight is 171 g/mol. The van der Waals surface area contributed by atoms with Crippen LogP contribution in [0.25, 0.3) is 10.4 Å². The Morgan fingerprint density at radius 1 is 1.75 bits per heavy atom. The summed E-state index contributed by atoms with van der Waals surface area (Å²) in [7, 11) is 0. The first-order valence-electron chi connectivity index (χ1n) is 4.02. The van der Waals surface area contributed by atoms with Gasteiger partial charge in [0.15, 0.2) is 6.29 Å². The molecule has 1 heterocycles. The van der Waals surface area contributed by atoms with Gasteiger partial charge in [-0.25, -0.2) is 0 Å². The van der Waals surface area contributed by atoms with Gasteiger partial charge >= 0.3 is 0 Å². The van der Waals surface area contributed by atoms with E-state index >= 15 is 0 Å². The fourth-order valence-electron chi connectivity index (χ4n) is 1.14. The number of hydrogen-bond donors (Lipinski definition) is 0. The maximum atomic E-state index is 8.10. The van der Waals surface area contributed by atoms with E-state index in [1.54, 1.807) is 0 Å². The first-order valence-corrected chi connectivity index (χ1v) is 4.02. The van der Waals surface area contributed by atoms with Crippen molar-refractivity contribution in [2.45, 2.75) is 26.2 Å². The third-order valence-corrected chi connectivity index (χ3v) is 1.93. The summed E-state index contributed by atoms with van der Waals surface area (Å²) in [5.41, 5.74) is 8.10. The zero-order chi connectivity index (χ0) is 8.97. The quantitative estimate of drug-likeness (QED) is 0.368. The van der Waals surface area contributed by atoms with E-state index < -0.39 is 0 Å². The van der Waals surface area contributed by atoms with Gasteiger partial charge < -0.3 is 9.47 Å². The second-order valence-corrected chi connectivity index (χ2v) is 2.97. The van der Waals surface area contributed by atoms with Crippen molar-refractivity contribution in [3.05, 3.63) is 10.4 Å². The Hall–Kier alpha value is -0.770. The zero-order valence-corrected chi connectivity index (χ0v) is 7.30. The van der Waals surface area contributed by atoms with Gasteiger partial charge in [-0.1, -0.05) is 12.0 Å². The van der Waals surface area contributed by atoms with Crippen molar-refractivity contribution in [2.24, 2.45) is 11.0 Å². The Morgan fingerprint density at radius 2 is 2.50 bits per heavy atom. The van der Waals surface area contributed by atoms with Gasteiger partial charge in [0.1, 0.15) is 0 Å². The van der Waals surface area contributed by atoms with Crippen LogP contribution in [0.3, 0.4) is 0 Å². The van der Waals surface area contributed by atoms with Crippen LogP contribution in [0.15, 0.2) is 5.11 Å². The van der Waals surface area contributed by atoms with Gasteiger partial charge in [-0.15, -0.1) is 0 Å². The van der Waals surface area contributed by atoms with Gasteiger partial charge in [-0.2, -0.15) is 0 Å². The van der Waals surface area contributed by atoms with Gasteiger partial charge in [0.2, 0.25) is 0 Å². The number of hydrogen-bond acceptors (Lipinski definition) is 3. The molecule has 1 saturated heterocycles. The van der Waals surface area contributed by atoms with Crippen LogP contribution in [-0.4, -0.2) is 25.5 Å². The zero-order valence-electron chi connectivity index (χ0n) is 7.30. The molecular weight excluding hydrogens is 158 g/mol. The summed E-state index contributed by atoms with van der Waals surface area (Å²) in [6.07, 6.45) is -0.0472. The standard InChI is InChI=1S/C7H13N3O2/c1-5(3-9-10-8)7-4-11-6(2)12-7/h5-7H,3-4H2,1-2H3. The molecular formula is C7H13N3O2. The molecule has 0 aliphatic carbocycles. The molecule has 12 heavy (non-hydrogen) atoms. The van der Waals surface area contributed by atoms with Crippen LogP contribution >= 0.6 is 0 Å². The van der Waals surface area contributed by atoms with Gasteiger partial charge in [-0.3, -0.25) is 0 Å². The second kappa shape index (κ2) is 4.30. The minimum Gasteiger partial charge on any atom is -0.350 e. The van der Waals surface area contributed by atoms with Crippen LogP contribution in [0.4, 0.5) is 0 Å². The van der Waals surface area contributed by atoms with Crippen molar-refractivity contribution in [1.82, 2.24) is 0 Å². The predicted molar refractivity (Wildman–Crippen MR) is 43.5 cm³/mol. The molecule has 1 rings (SSSR count). The van der Waals surface area contributed by atoms with Crippen LogP contribution < -0.4 is 0 Å². The summed E-state index contributed by atoms with van der Waals surface area (Å²) in [6.45, 7) is 4.92. The molecule has 5 heteroatoms. The molecule has 3 unspecified atom stereocenters. The molecule has 0 saturated carbocycles.